The Labute approximate surface area is 123 Å². The van der Waals surface area contributed by atoms with E-state index < -0.39 is 23.5 Å². The highest BCUT2D eigenvalue weighted by molar-refractivity contribution is 9.10. The van der Waals surface area contributed by atoms with Crippen molar-refractivity contribution >= 4 is 15.9 Å². The number of furan rings is 1. The van der Waals surface area contributed by atoms with E-state index in [-0.39, 0.29) is 5.56 Å². The molecule has 1 unspecified atom stereocenters. The topological polar surface area (TPSA) is 25.2 Å². The van der Waals surface area contributed by atoms with E-state index in [2.05, 4.69) is 21.2 Å². The van der Waals surface area contributed by atoms with E-state index in [0.717, 1.165) is 12.5 Å². The SMILES string of the molecule is CCCNC(c1ccc(Br)o1)c1cc(F)c(F)cc1F. The second kappa shape index (κ2) is 6.45. The standard InChI is InChI=1S/C14H13BrF3NO/c1-2-5-19-14(12-3-4-13(15)20-12)8-6-10(17)11(18)7-9(8)16/h3-4,6-7,14,19H,2,5H2,1H3. The first kappa shape index (κ1) is 15.1. The third kappa shape index (κ3) is 3.24. The van der Waals surface area contributed by atoms with Gasteiger partial charge in [-0.3, -0.25) is 0 Å². The molecule has 1 heterocycles. The third-order valence-electron chi connectivity index (χ3n) is 2.83. The molecular formula is C14H13BrF3NO. The highest BCUT2D eigenvalue weighted by Gasteiger charge is 2.22. The van der Waals surface area contributed by atoms with E-state index in [9.17, 15) is 13.2 Å². The fourth-order valence-corrected chi connectivity index (χ4v) is 2.21. The lowest BCUT2D eigenvalue weighted by Crippen LogP contribution is -2.24. The maximum absolute atomic E-state index is 13.9. The fourth-order valence-electron chi connectivity index (χ4n) is 1.90. The molecule has 0 fully saturated rings. The van der Waals surface area contributed by atoms with Crippen molar-refractivity contribution in [3.05, 3.63) is 57.7 Å². The summed E-state index contributed by atoms with van der Waals surface area (Å²) in [5.41, 5.74) is 0.0131. The van der Waals surface area contributed by atoms with Gasteiger partial charge in [-0.05, 0) is 47.1 Å². The van der Waals surface area contributed by atoms with Gasteiger partial charge in [-0.1, -0.05) is 6.92 Å². The van der Waals surface area contributed by atoms with E-state index in [1.54, 1.807) is 12.1 Å². The molecule has 0 aliphatic heterocycles. The van der Waals surface area contributed by atoms with Gasteiger partial charge in [-0.2, -0.15) is 0 Å². The summed E-state index contributed by atoms with van der Waals surface area (Å²) in [5, 5.41) is 3.06. The first-order chi connectivity index (χ1) is 9.52. The second-order valence-corrected chi connectivity index (χ2v) is 5.10. The van der Waals surface area contributed by atoms with Gasteiger partial charge in [0.2, 0.25) is 0 Å². The number of rotatable bonds is 5. The lowest BCUT2D eigenvalue weighted by Gasteiger charge is -2.17. The zero-order valence-electron chi connectivity index (χ0n) is 10.7. The van der Waals surface area contributed by atoms with Gasteiger partial charge in [0.05, 0.1) is 6.04 Å². The van der Waals surface area contributed by atoms with Crippen LogP contribution in [0, 0.1) is 17.5 Å². The lowest BCUT2D eigenvalue weighted by atomic mass is 10.0. The summed E-state index contributed by atoms with van der Waals surface area (Å²) < 4.78 is 46.1. The Bertz CT molecular complexity index is 600. The summed E-state index contributed by atoms with van der Waals surface area (Å²) in [4.78, 5) is 0. The van der Waals surface area contributed by atoms with E-state index in [0.29, 0.717) is 23.0 Å². The minimum Gasteiger partial charge on any atom is -0.452 e. The van der Waals surface area contributed by atoms with Crippen LogP contribution in [0.2, 0.25) is 0 Å². The number of benzene rings is 1. The number of hydrogen-bond acceptors (Lipinski definition) is 2. The predicted molar refractivity (Wildman–Crippen MR) is 72.9 cm³/mol. The first-order valence-electron chi connectivity index (χ1n) is 6.16. The van der Waals surface area contributed by atoms with E-state index >= 15 is 0 Å². The molecule has 0 amide bonds. The van der Waals surface area contributed by atoms with Crippen LogP contribution in [0.15, 0.2) is 33.4 Å². The molecule has 1 atom stereocenters. The Kier molecular flexibility index (Phi) is 4.88. The second-order valence-electron chi connectivity index (χ2n) is 4.32. The molecule has 0 bridgehead atoms. The van der Waals surface area contributed by atoms with Crippen LogP contribution in [-0.4, -0.2) is 6.54 Å². The van der Waals surface area contributed by atoms with Gasteiger partial charge < -0.3 is 9.73 Å². The molecule has 0 aliphatic rings. The molecule has 2 aromatic rings. The van der Waals surface area contributed by atoms with Crippen molar-refractivity contribution in [1.29, 1.82) is 0 Å². The minimum atomic E-state index is -1.21. The van der Waals surface area contributed by atoms with Crippen LogP contribution in [0.4, 0.5) is 13.2 Å². The van der Waals surface area contributed by atoms with Crippen LogP contribution in [0.25, 0.3) is 0 Å². The summed E-state index contributed by atoms with van der Waals surface area (Å²) >= 11 is 3.16. The summed E-state index contributed by atoms with van der Waals surface area (Å²) in [6, 6.07) is 4.04. The van der Waals surface area contributed by atoms with Gasteiger partial charge in [0.25, 0.3) is 0 Å². The average molecular weight is 348 g/mol. The maximum Gasteiger partial charge on any atom is 0.169 e. The van der Waals surface area contributed by atoms with Gasteiger partial charge in [0, 0.05) is 11.6 Å². The molecule has 20 heavy (non-hydrogen) atoms. The molecule has 1 aromatic carbocycles. The number of hydrogen-bond donors (Lipinski definition) is 1. The van der Waals surface area contributed by atoms with Crippen LogP contribution >= 0.6 is 15.9 Å². The normalized spacial score (nSPS) is 12.7. The Balaban J connectivity index is 2.43. The van der Waals surface area contributed by atoms with E-state index in [1.807, 2.05) is 6.92 Å². The smallest absolute Gasteiger partial charge is 0.169 e. The molecule has 0 saturated carbocycles. The highest BCUT2D eigenvalue weighted by Crippen LogP contribution is 2.29. The molecule has 0 saturated heterocycles. The molecule has 1 aromatic heterocycles. The lowest BCUT2D eigenvalue weighted by molar-refractivity contribution is 0.418. The molecule has 2 nitrogen and oxygen atoms in total. The Hall–Kier alpha value is -1.27. The summed E-state index contributed by atoms with van der Waals surface area (Å²) in [6.07, 6.45) is 0.809. The Morgan fingerprint density at radius 3 is 2.45 bits per heavy atom. The molecule has 108 valence electrons. The van der Waals surface area contributed by atoms with Crippen molar-refractivity contribution in [3.8, 4) is 0 Å². The monoisotopic (exact) mass is 347 g/mol. The van der Waals surface area contributed by atoms with Crippen molar-refractivity contribution < 1.29 is 17.6 Å². The maximum atomic E-state index is 13.9. The van der Waals surface area contributed by atoms with Crippen molar-refractivity contribution in [2.24, 2.45) is 0 Å². The molecular weight excluding hydrogens is 335 g/mol. The fraction of sp³-hybridized carbons (Fsp3) is 0.286. The van der Waals surface area contributed by atoms with Crippen molar-refractivity contribution in [3.63, 3.8) is 0 Å². The van der Waals surface area contributed by atoms with Gasteiger partial charge in [0.15, 0.2) is 16.3 Å². The largest absolute Gasteiger partial charge is 0.452 e. The number of nitrogens with one attached hydrogen (secondary N) is 1. The van der Waals surface area contributed by atoms with Gasteiger partial charge in [-0.25, -0.2) is 13.2 Å². The van der Waals surface area contributed by atoms with Gasteiger partial charge in [0.1, 0.15) is 11.6 Å². The van der Waals surface area contributed by atoms with Gasteiger partial charge >= 0.3 is 0 Å². The molecule has 2 rings (SSSR count). The molecule has 1 N–H and O–H groups in total. The van der Waals surface area contributed by atoms with Crippen LogP contribution in [0.1, 0.15) is 30.7 Å². The van der Waals surface area contributed by atoms with Crippen LogP contribution < -0.4 is 5.32 Å². The third-order valence-corrected chi connectivity index (χ3v) is 3.25. The van der Waals surface area contributed by atoms with Crippen LogP contribution in [0.3, 0.4) is 0 Å². The summed E-state index contributed by atoms with van der Waals surface area (Å²) in [6.45, 7) is 2.53. The summed E-state index contributed by atoms with van der Waals surface area (Å²) in [5.74, 6) is -2.68. The Morgan fingerprint density at radius 1 is 1.15 bits per heavy atom. The van der Waals surface area contributed by atoms with Crippen molar-refractivity contribution in [1.82, 2.24) is 5.32 Å². The molecule has 0 aliphatic carbocycles. The average Bonchev–Trinajstić information content (AvgIpc) is 2.82. The molecule has 6 heteroatoms. The zero-order chi connectivity index (χ0) is 14.7. The highest BCUT2D eigenvalue weighted by atomic mass is 79.9. The van der Waals surface area contributed by atoms with Crippen LogP contribution in [0.5, 0.6) is 0 Å². The first-order valence-corrected chi connectivity index (χ1v) is 6.95. The van der Waals surface area contributed by atoms with Gasteiger partial charge in [-0.15, -0.1) is 0 Å². The van der Waals surface area contributed by atoms with Crippen molar-refractivity contribution in [2.75, 3.05) is 6.54 Å². The van der Waals surface area contributed by atoms with E-state index in [1.165, 1.54) is 0 Å². The van der Waals surface area contributed by atoms with Crippen LogP contribution in [-0.2, 0) is 0 Å². The quantitative estimate of drug-likeness (QED) is 0.802. The van der Waals surface area contributed by atoms with Crippen molar-refractivity contribution in [2.45, 2.75) is 19.4 Å². The minimum absolute atomic E-state index is 0.0131. The summed E-state index contributed by atoms with van der Waals surface area (Å²) in [7, 11) is 0. The Morgan fingerprint density at radius 2 is 1.85 bits per heavy atom. The number of halogens is 4. The molecule has 0 spiro atoms. The zero-order valence-corrected chi connectivity index (χ0v) is 12.3. The predicted octanol–water partition coefficient (Wildman–Crippen LogP) is 4.55. The molecule has 0 radical (unpaired) electrons. The van der Waals surface area contributed by atoms with E-state index in [4.69, 9.17) is 4.42 Å².